The highest BCUT2D eigenvalue weighted by Gasteiger charge is 2.02. The van der Waals surface area contributed by atoms with Gasteiger partial charge in [-0.3, -0.25) is 0 Å². The summed E-state index contributed by atoms with van der Waals surface area (Å²) in [5.41, 5.74) is 1.24. The first-order valence-corrected chi connectivity index (χ1v) is 4.60. The molecule has 1 rings (SSSR count). The van der Waals surface area contributed by atoms with Gasteiger partial charge in [-0.15, -0.1) is 0 Å². The van der Waals surface area contributed by atoms with Gasteiger partial charge in [0.1, 0.15) is 6.67 Å². The van der Waals surface area contributed by atoms with Crippen molar-refractivity contribution in [3.05, 3.63) is 22.4 Å². The van der Waals surface area contributed by atoms with Crippen LogP contribution in [0.25, 0.3) is 0 Å². The molecule has 62 valence electrons. The molecule has 11 heavy (non-hydrogen) atoms. The third kappa shape index (κ3) is 2.60. The zero-order valence-corrected chi connectivity index (χ0v) is 7.33. The van der Waals surface area contributed by atoms with Crippen molar-refractivity contribution in [2.45, 2.75) is 13.0 Å². The Morgan fingerprint density at radius 2 is 2.55 bits per heavy atom. The van der Waals surface area contributed by atoms with Crippen LogP contribution in [0.2, 0.25) is 0 Å². The van der Waals surface area contributed by atoms with Gasteiger partial charge in [0.2, 0.25) is 0 Å². The summed E-state index contributed by atoms with van der Waals surface area (Å²) in [6.07, 6.45) is 0. The number of halogens is 1. The molecule has 0 amide bonds. The van der Waals surface area contributed by atoms with Gasteiger partial charge in [0.05, 0.1) is 0 Å². The average Bonchev–Trinajstić information content (AvgIpc) is 2.52. The molecule has 0 fully saturated rings. The minimum Gasteiger partial charge on any atom is -0.308 e. The number of rotatable bonds is 4. The molecule has 0 radical (unpaired) electrons. The quantitative estimate of drug-likeness (QED) is 0.737. The maximum atomic E-state index is 11.7. The normalized spacial score (nSPS) is 13.3. The Balaban J connectivity index is 2.36. The molecule has 1 aromatic rings. The second kappa shape index (κ2) is 4.46. The molecule has 0 aliphatic heterocycles. The highest BCUT2D eigenvalue weighted by molar-refractivity contribution is 7.07. The summed E-state index contributed by atoms with van der Waals surface area (Å²) in [5, 5.41) is 7.18. The summed E-state index contributed by atoms with van der Waals surface area (Å²) < 4.78 is 11.7. The van der Waals surface area contributed by atoms with Crippen molar-refractivity contribution in [2.75, 3.05) is 13.2 Å². The van der Waals surface area contributed by atoms with Gasteiger partial charge in [0.15, 0.2) is 0 Å². The minimum absolute atomic E-state index is 0.275. The SMILES string of the molecule is CC(NCCF)c1ccsc1. The van der Waals surface area contributed by atoms with Crippen LogP contribution in [0, 0.1) is 0 Å². The average molecular weight is 173 g/mol. The standard InChI is InChI=1S/C8H12FNS/c1-7(10-4-3-9)8-2-5-11-6-8/h2,5-7,10H,3-4H2,1H3. The zero-order chi connectivity index (χ0) is 8.10. The Labute approximate surface area is 70.2 Å². The molecular formula is C8H12FNS. The summed E-state index contributed by atoms with van der Waals surface area (Å²) in [5.74, 6) is 0. The lowest BCUT2D eigenvalue weighted by molar-refractivity contribution is 0.444. The summed E-state index contributed by atoms with van der Waals surface area (Å²) in [6.45, 7) is 2.18. The van der Waals surface area contributed by atoms with Gasteiger partial charge in [-0.25, -0.2) is 4.39 Å². The Bertz CT molecular complexity index is 186. The van der Waals surface area contributed by atoms with Gasteiger partial charge in [-0.2, -0.15) is 11.3 Å². The molecule has 1 nitrogen and oxygen atoms in total. The van der Waals surface area contributed by atoms with E-state index < -0.39 is 0 Å². The smallest absolute Gasteiger partial charge is 0.102 e. The van der Waals surface area contributed by atoms with Crippen LogP contribution in [0.5, 0.6) is 0 Å². The van der Waals surface area contributed by atoms with Crippen LogP contribution < -0.4 is 5.32 Å². The highest BCUT2D eigenvalue weighted by Crippen LogP contribution is 2.14. The van der Waals surface area contributed by atoms with Gasteiger partial charge < -0.3 is 5.32 Å². The Morgan fingerprint density at radius 3 is 3.09 bits per heavy atom. The summed E-state index contributed by atoms with van der Waals surface area (Å²) in [4.78, 5) is 0. The largest absolute Gasteiger partial charge is 0.308 e. The Morgan fingerprint density at radius 1 is 1.73 bits per heavy atom. The molecule has 0 bridgehead atoms. The lowest BCUT2D eigenvalue weighted by Gasteiger charge is -2.09. The van der Waals surface area contributed by atoms with E-state index in [0.717, 1.165) is 0 Å². The fourth-order valence-electron chi connectivity index (χ4n) is 0.910. The van der Waals surface area contributed by atoms with E-state index in [0.29, 0.717) is 6.54 Å². The first-order valence-electron chi connectivity index (χ1n) is 3.66. The van der Waals surface area contributed by atoms with E-state index in [9.17, 15) is 4.39 Å². The van der Waals surface area contributed by atoms with Crippen molar-refractivity contribution in [3.63, 3.8) is 0 Å². The zero-order valence-electron chi connectivity index (χ0n) is 6.51. The molecule has 0 aliphatic rings. The second-order valence-electron chi connectivity index (χ2n) is 2.42. The topological polar surface area (TPSA) is 12.0 Å². The number of alkyl halides is 1. The Kier molecular flexibility index (Phi) is 3.52. The third-order valence-corrected chi connectivity index (χ3v) is 2.29. The summed E-state index contributed by atoms with van der Waals surface area (Å²) >= 11 is 1.67. The molecule has 3 heteroatoms. The molecule has 1 atom stereocenters. The summed E-state index contributed by atoms with van der Waals surface area (Å²) in [6, 6.07) is 2.33. The van der Waals surface area contributed by atoms with Crippen molar-refractivity contribution in [3.8, 4) is 0 Å². The minimum atomic E-state index is -0.297. The van der Waals surface area contributed by atoms with Crippen LogP contribution in [0.15, 0.2) is 16.8 Å². The predicted octanol–water partition coefficient (Wildman–Crippen LogP) is 2.37. The van der Waals surface area contributed by atoms with Crippen molar-refractivity contribution in [1.29, 1.82) is 0 Å². The van der Waals surface area contributed by atoms with Crippen LogP contribution in [0.1, 0.15) is 18.5 Å². The number of hydrogen-bond donors (Lipinski definition) is 1. The van der Waals surface area contributed by atoms with E-state index >= 15 is 0 Å². The van der Waals surface area contributed by atoms with Gasteiger partial charge >= 0.3 is 0 Å². The molecule has 0 saturated carbocycles. The molecule has 0 aliphatic carbocycles. The van der Waals surface area contributed by atoms with E-state index in [1.54, 1.807) is 11.3 Å². The molecule has 0 saturated heterocycles. The van der Waals surface area contributed by atoms with E-state index in [1.807, 2.05) is 12.3 Å². The van der Waals surface area contributed by atoms with Crippen LogP contribution in [-0.2, 0) is 0 Å². The van der Waals surface area contributed by atoms with Gasteiger partial charge in [-0.1, -0.05) is 0 Å². The van der Waals surface area contributed by atoms with Crippen molar-refractivity contribution in [2.24, 2.45) is 0 Å². The third-order valence-electron chi connectivity index (χ3n) is 1.59. The molecule has 1 aromatic heterocycles. The number of nitrogens with one attached hydrogen (secondary N) is 1. The first kappa shape index (κ1) is 8.68. The first-order chi connectivity index (χ1) is 5.34. The lowest BCUT2D eigenvalue weighted by Crippen LogP contribution is -2.20. The van der Waals surface area contributed by atoms with Crippen molar-refractivity contribution < 1.29 is 4.39 Å². The van der Waals surface area contributed by atoms with E-state index in [1.165, 1.54) is 5.56 Å². The van der Waals surface area contributed by atoms with Crippen molar-refractivity contribution in [1.82, 2.24) is 5.32 Å². The van der Waals surface area contributed by atoms with Crippen LogP contribution in [0.3, 0.4) is 0 Å². The van der Waals surface area contributed by atoms with Crippen LogP contribution in [-0.4, -0.2) is 13.2 Å². The lowest BCUT2D eigenvalue weighted by atomic mass is 10.2. The molecule has 1 heterocycles. The monoisotopic (exact) mass is 173 g/mol. The van der Waals surface area contributed by atoms with Gasteiger partial charge in [0, 0.05) is 12.6 Å². The second-order valence-corrected chi connectivity index (χ2v) is 3.20. The van der Waals surface area contributed by atoms with Crippen molar-refractivity contribution >= 4 is 11.3 Å². The van der Waals surface area contributed by atoms with Gasteiger partial charge in [-0.05, 0) is 29.3 Å². The fourth-order valence-corrected chi connectivity index (χ4v) is 1.66. The molecular weight excluding hydrogens is 161 g/mol. The molecule has 0 spiro atoms. The maximum Gasteiger partial charge on any atom is 0.102 e. The van der Waals surface area contributed by atoms with Crippen LogP contribution >= 0.6 is 11.3 Å². The predicted molar refractivity (Wildman–Crippen MR) is 46.7 cm³/mol. The molecule has 1 N–H and O–H groups in total. The van der Waals surface area contributed by atoms with Gasteiger partial charge in [0.25, 0.3) is 0 Å². The van der Waals surface area contributed by atoms with E-state index in [4.69, 9.17) is 0 Å². The molecule has 1 unspecified atom stereocenters. The number of hydrogen-bond acceptors (Lipinski definition) is 2. The number of thiophene rings is 1. The fraction of sp³-hybridized carbons (Fsp3) is 0.500. The summed E-state index contributed by atoms with van der Waals surface area (Å²) in [7, 11) is 0. The maximum absolute atomic E-state index is 11.7. The van der Waals surface area contributed by atoms with Crippen LogP contribution in [0.4, 0.5) is 4.39 Å². The molecule has 0 aromatic carbocycles. The Hall–Kier alpha value is -0.410. The van der Waals surface area contributed by atoms with E-state index in [-0.39, 0.29) is 12.7 Å². The van der Waals surface area contributed by atoms with E-state index in [2.05, 4.69) is 16.8 Å². The highest BCUT2D eigenvalue weighted by atomic mass is 32.1.